The lowest BCUT2D eigenvalue weighted by molar-refractivity contribution is 0.0692. The van der Waals surface area contributed by atoms with E-state index in [-0.39, 0.29) is 0 Å². The second-order valence-electron chi connectivity index (χ2n) is 2.89. The van der Waals surface area contributed by atoms with Gasteiger partial charge in [0.2, 0.25) is 5.92 Å². The second-order valence-corrected chi connectivity index (χ2v) is 2.89. The molecule has 1 aliphatic carbocycles. The van der Waals surface area contributed by atoms with Crippen molar-refractivity contribution in [1.29, 1.82) is 0 Å². The van der Waals surface area contributed by atoms with Crippen LogP contribution in [0.25, 0.3) is 0 Å². The molecule has 2 atom stereocenters. The van der Waals surface area contributed by atoms with Crippen LogP contribution in [0.15, 0.2) is 0 Å². The Morgan fingerprint density at radius 1 is 1.33 bits per heavy atom. The van der Waals surface area contributed by atoms with Crippen LogP contribution in [0.3, 0.4) is 0 Å². The summed E-state index contributed by atoms with van der Waals surface area (Å²) in [6.45, 7) is -5.96. The minimum absolute atomic E-state index is 0.529. The molecule has 0 bridgehead atoms. The van der Waals surface area contributed by atoms with Gasteiger partial charge < -0.3 is 17.7 Å². The molecule has 0 heterocycles. The normalized spacial score (nSPS) is 33.5. The van der Waals surface area contributed by atoms with E-state index in [1.165, 1.54) is 0 Å². The van der Waals surface area contributed by atoms with Gasteiger partial charge in [-0.3, -0.25) is 0 Å². The van der Waals surface area contributed by atoms with Crippen LogP contribution in [0.1, 0.15) is 0 Å². The highest BCUT2D eigenvalue weighted by Crippen LogP contribution is 2.65. The van der Waals surface area contributed by atoms with Gasteiger partial charge in [0.25, 0.3) is 0 Å². The molecule has 1 rings (SSSR count). The third kappa shape index (κ3) is 1.42. The summed E-state index contributed by atoms with van der Waals surface area (Å²) in [6.07, 6.45) is 0. The van der Waals surface area contributed by atoms with Gasteiger partial charge >= 0.3 is 6.98 Å². The maximum Gasteiger partial charge on any atom is 0.487 e. The molecule has 0 aromatic rings. The lowest BCUT2D eigenvalue weighted by atomic mass is 9.81. The summed E-state index contributed by atoms with van der Waals surface area (Å²) < 4.78 is 64.5. The van der Waals surface area contributed by atoms with E-state index in [2.05, 4.69) is 4.74 Å². The summed E-state index contributed by atoms with van der Waals surface area (Å²) in [4.78, 5) is 0. The molecule has 72 valence electrons. The molecule has 0 N–H and O–H groups in total. The lowest BCUT2D eigenvalue weighted by Gasteiger charge is -2.11. The van der Waals surface area contributed by atoms with Crippen molar-refractivity contribution in [1.82, 2.24) is 0 Å². The van der Waals surface area contributed by atoms with Crippen LogP contribution >= 0.6 is 0 Å². The van der Waals surface area contributed by atoms with Crippen LogP contribution in [0.2, 0.25) is 5.82 Å². The number of halogens is 5. The average Bonchev–Trinajstić information content (AvgIpc) is 2.33. The number of hydrogen-bond donors (Lipinski definition) is 0. The first-order valence-corrected chi connectivity index (χ1v) is 3.38. The van der Waals surface area contributed by atoms with Gasteiger partial charge in [0, 0.05) is 18.8 Å². The standard InChI is InChI=1S/C5H7BF5O/c1-12-2-3-4(5(3,7)8)6(9,10)11/h3-4H,2H2,1H3/q-1. The van der Waals surface area contributed by atoms with E-state index in [4.69, 9.17) is 0 Å². The zero-order chi connectivity index (χ0) is 9.57. The molecule has 1 nitrogen and oxygen atoms in total. The Morgan fingerprint density at radius 2 is 1.83 bits per heavy atom. The van der Waals surface area contributed by atoms with Crippen LogP contribution < -0.4 is 0 Å². The maximum atomic E-state index is 12.4. The number of methoxy groups -OCH3 is 1. The third-order valence-corrected chi connectivity index (χ3v) is 2.02. The smallest absolute Gasteiger partial charge is 0.449 e. The summed E-state index contributed by atoms with van der Waals surface area (Å²) in [6, 6.07) is 0. The van der Waals surface area contributed by atoms with Gasteiger partial charge in [0.05, 0.1) is 6.61 Å². The Hall–Kier alpha value is -0.325. The Bertz CT molecular complexity index is 179. The minimum atomic E-state index is -5.43. The Kier molecular flexibility index (Phi) is 2.10. The fourth-order valence-corrected chi connectivity index (χ4v) is 1.33. The SMILES string of the molecule is COCC1C([B-](F)(F)F)C1(F)F. The molecule has 0 spiro atoms. The molecular formula is C5H7BF5O-. The Balaban J connectivity index is 2.60. The molecule has 0 aliphatic heterocycles. The highest BCUT2D eigenvalue weighted by Gasteiger charge is 2.73. The van der Waals surface area contributed by atoms with Crippen LogP contribution in [0, 0.1) is 5.92 Å². The molecule has 1 saturated carbocycles. The van der Waals surface area contributed by atoms with E-state index in [1.54, 1.807) is 0 Å². The molecular weight excluding hydrogens is 182 g/mol. The average molecular weight is 189 g/mol. The van der Waals surface area contributed by atoms with Crippen molar-refractivity contribution in [3.8, 4) is 0 Å². The molecule has 0 radical (unpaired) electrons. The highest BCUT2D eigenvalue weighted by molar-refractivity contribution is 6.61. The zero-order valence-electron chi connectivity index (χ0n) is 6.24. The van der Waals surface area contributed by atoms with E-state index >= 15 is 0 Å². The summed E-state index contributed by atoms with van der Waals surface area (Å²) >= 11 is 0. The molecule has 0 aromatic heterocycles. The van der Waals surface area contributed by atoms with Crippen molar-refractivity contribution in [2.24, 2.45) is 5.92 Å². The van der Waals surface area contributed by atoms with Gasteiger partial charge in [0.15, 0.2) is 0 Å². The summed E-state index contributed by atoms with van der Waals surface area (Å²) in [7, 11) is 1.11. The van der Waals surface area contributed by atoms with Gasteiger partial charge in [-0.1, -0.05) is 0 Å². The van der Waals surface area contributed by atoms with Crippen molar-refractivity contribution in [2.75, 3.05) is 13.7 Å². The Labute approximate surface area is 65.9 Å². The number of hydrogen-bond acceptors (Lipinski definition) is 1. The van der Waals surface area contributed by atoms with E-state index in [9.17, 15) is 21.7 Å². The van der Waals surface area contributed by atoms with Crippen molar-refractivity contribution >= 4 is 6.98 Å². The first kappa shape index (κ1) is 9.76. The second kappa shape index (κ2) is 2.58. The van der Waals surface area contributed by atoms with Gasteiger partial charge in [-0.2, -0.15) is 0 Å². The summed E-state index contributed by atoms with van der Waals surface area (Å²) in [5.74, 6) is -7.71. The summed E-state index contributed by atoms with van der Waals surface area (Å²) in [5, 5.41) is 0. The molecule has 7 heteroatoms. The van der Waals surface area contributed by atoms with Crippen molar-refractivity contribution in [2.45, 2.75) is 11.7 Å². The predicted molar refractivity (Wildman–Crippen MR) is 33.1 cm³/mol. The van der Waals surface area contributed by atoms with E-state index in [1.807, 2.05) is 0 Å². The van der Waals surface area contributed by atoms with Crippen LogP contribution in [0.4, 0.5) is 21.7 Å². The number of alkyl halides is 2. The molecule has 0 amide bonds. The largest absolute Gasteiger partial charge is 0.487 e. The van der Waals surface area contributed by atoms with Crippen molar-refractivity contribution in [3.05, 3.63) is 0 Å². The fraction of sp³-hybridized carbons (Fsp3) is 1.00. The van der Waals surface area contributed by atoms with Crippen LogP contribution in [0.5, 0.6) is 0 Å². The minimum Gasteiger partial charge on any atom is -0.449 e. The van der Waals surface area contributed by atoms with Crippen molar-refractivity contribution < 1.29 is 26.5 Å². The molecule has 1 aliphatic rings. The van der Waals surface area contributed by atoms with Crippen molar-refractivity contribution in [3.63, 3.8) is 0 Å². The zero-order valence-corrected chi connectivity index (χ0v) is 6.24. The first-order valence-electron chi connectivity index (χ1n) is 3.38. The van der Waals surface area contributed by atoms with E-state index in [0.717, 1.165) is 7.11 Å². The summed E-state index contributed by atoms with van der Waals surface area (Å²) in [5.41, 5.74) is 0. The van der Waals surface area contributed by atoms with Gasteiger partial charge in [-0.05, 0) is 0 Å². The monoisotopic (exact) mass is 189 g/mol. The van der Waals surface area contributed by atoms with Gasteiger partial charge in [-0.25, -0.2) is 8.78 Å². The van der Waals surface area contributed by atoms with E-state index < -0.39 is 31.2 Å². The molecule has 12 heavy (non-hydrogen) atoms. The van der Waals surface area contributed by atoms with E-state index in [0.29, 0.717) is 0 Å². The molecule has 1 fully saturated rings. The first-order chi connectivity index (χ1) is 5.31. The Morgan fingerprint density at radius 3 is 2.08 bits per heavy atom. The van der Waals surface area contributed by atoms with Gasteiger partial charge in [-0.15, -0.1) is 0 Å². The molecule has 0 aromatic carbocycles. The highest BCUT2D eigenvalue weighted by atomic mass is 19.4. The topological polar surface area (TPSA) is 9.23 Å². The van der Waals surface area contributed by atoms with Gasteiger partial charge in [0.1, 0.15) is 0 Å². The maximum absolute atomic E-state index is 12.4. The van der Waals surface area contributed by atoms with Crippen LogP contribution in [-0.2, 0) is 4.74 Å². The molecule has 0 saturated heterocycles. The lowest BCUT2D eigenvalue weighted by Crippen LogP contribution is -2.18. The van der Waals surface area contributed by atoms with Crippen LogP contribution in [-0.4, -0.2) is 26.6 Å². The third-order valence-electron chi connectivity index (χ3n) is 2.02. The number of ether oxygens (including phenoxy) is 1. The number of rotatable bonds is 3. The quantitative estimate of drug-likeness (QED) is 0.487. The fourth-order valence-electron chi connectivity index (χ4n) is 1.33. The predicted octanol–water partition coefficient (Wildman–Crippen LogP) is 2.12. The molecule has 2 unspecified atom stereocenters.